The number of carbonyl (C=O) groups excluding carboxylic acids is 1. The van der Waals surface area contributed by atoms with E-state index in [1.807, 2.05) is 25.3 Å². The van der Waals surface area contributed by atoms with Crippen LogP contribution < -0.4 is 0 Å². The van der Waals surface area contributed by atoms with Crippen LogP contribution in [0.5, 0.6) is 0 Å². The summed E-state index contributed by atoms with van der Waals surface area (Å²) in [6.45, 7) is 5.61. The zero-order valence-electron chi connectivity index (χ0n) is 11.3. The standard InChI is InChI=1S/C12H15N5O2/c1-6-5-9(19-15-6)11-14-13-10-7(2)16(4)12(18)8(3)17(10)11/h5,7-8H,1-4H3/t7-,8-/m0/s1. The van der Waals surface area contributed by atoms with Gasteiger partial charge >= 0.3 is 0 Å². The van der Waals surface area contributed by atoms with Gasteiger partial charge in [-0.25, -0.2) is 0 Å². The van der Waals surface area contributed by atoms with Crippen LogP contribution in [0.1, 0.15) is 37.4 Å². The van der Waals surface area contributed by atoms with Crippen molar-refractivity contribution in [1.29, 1.82) is 0 Å². The maximum absolute atomic E-state index is 12.2. The van der Waals surface area contributed by atoms with Gasteiger partial charge in [0.1, 0.15) is 6.04 Å². The molecule has 19 heavy (non-hydrogen) atoms. The Bertz CT molecular complexity index is 644. The molecule has 1 amide bonds. The molecule has 0 saturated carbocycles. The zero-order valence-corrected chi connectivity index (χ0v) is 11.3. The van der Waals surface area contributed by atoms with E-state index in [2.05, 4.69) is 15.4 Å². The largest absolute Gasteiger partial charge is 0.353 e. The second-order valence-electron chi connectivity index (χ2n) is 4.89. The van der Waals surface area contributed by atoms with Crippen LogP contribution in [0.4, 0.5) is 0 Å². The van der Waals surface area contributed by atoms with E-state index in [1.54, 1.807) is 18.0 Å². The fraction of sp³-hybridized carbons (Fsp3) is 0.500. The number of nitrogens with zero attached hydrogens (tertiary/aromatic N) is 5. The quantitative estimate of drug-likeness (QED) is 0.774. The van der Waals surface area contributed by atoms with Gasteiger partial charge in [0.2, 0.25) is 17.5 Å². The minimum Gasteiger partial charge on any atom is -0.353 e. The second kappa shape index (κ2) is 3.91. The van der Waals surface area contributed by atoms with Gasteiger partial charge in [-0.2, -0.15) is 0 Å². The van der Waals surface area contributed by atoms with Crippen LogP contribution in [0.25, 0.3) is 11.6 Å². The molecule has 2 aromatic rings. The molecule has 2 aromatic heterocycles. The van der Waals surface area contributed by atoms with Gasteiger partial charge < -0.3 is 9.42 Å². The summed E-state index contributed by atoms with van der Waals surface area (Å²) in [5.74, 6) is 1.89. The molecule has 0 aromatic carbocycles. The summed E-state index contributed by atoms with van der Waals surface area (Å²) in [5, 5.41) is 12.2. The molecule has 7 heteroatoms. The van der Waals surface area contributed by atoms with E-state index in [0.717, 1.165) is 11.5 Å². The Morgan fingerprint density at radius 2 is 2.00 bits per heavy atom. The Labute approximate surface area is 110 Å². The molecule has 1 aliphatic rings. The molecule has 0 unspecified atom stereocenters. The highest BCUT2D eigenvalue weighted by Crippen LogP contribution is 2.33. The highest BCUT2D eigenvalue weighted by molar-refractivity contribution is 5.82. The van der Waals surface area contributed by atoms with Crippen molar-refractivity contribution < 1.29 is 9.32 Å². The number of hydrogen-bond donors (Lipinski definition) is 0. The molecule has 100 valence electrons. The number of amides is 1. The van der Waals surface area contributed by atoms with Crippen molar-refractivity contribution in [3.05, 3.63) is 17.6 Å². The van der Waals surface area contributed by atoms with Gasteiger partial charge in [0, 0.05) is 13.1 Å². The van der Waals surface area contributed by atoms with Gasteiger partial charge in [-0.05, 0) is 20.8 Å². The molecule has 0 spiro atoms. The minimum absolute atomic E-state index is 0.0392. The van der Waals surface area contributed by atoms with Crippen LogP contribution >= 0.6 is 0 Å². The number of hydrogen-bond acceptors (Lipinski definition) is 5. The van der Waals surface area contributed by atoms with Gasteiger partial charge in [0.05, 0.1) is 11.7 Å². The Kier molecular flexibility index (Phi) is 2.44. The van der Waals surface area contributed by atoms with Gasteiger partial charge in [-0.15, -0.1) is 10.2 Å². The minimum atomic E-state index is -0.341. The molecule has 0 aliphatic carbocycles. The lowest BCUT2D eigenvalue weighted by molar-refractivity contribution is -0.137. The van der Waals surface area contributed by atoms with Crippen LogP contribution in [-0.2, 0) is 4.79 Å². The number of fused-ring (bicyclic) bond motifs is 1. The maximum Gasteiger partial charge on any atom is 0.245 e. The molecule has 0 bridgehead atoms. The third kappa shape index (κ3) is 1.57. The highest BCUT2D eigenvalue weighted by atomic mass is 16.5. The molecule has 7 nitrogen and oxygen atoms in total. The Morgan fingerprint density at radius 1 is 1.26 bits per heavy atom. The van der Waals surface area contributed by atoms with E-state index >= 15 is 0 Å². The lowest BCUT2D eigenvalue weighted by Gasteiger charge is -2.34. The van der Waals surface area contributed by atoms with E-state index in [-0.39, 0.29) is 18.0 Å². The van der Waals surface area contributed by atoms with Crippen molar-refractivity contribution in [3.63, 3.8) is 0 Å². The SMILES string of the molecule is Cc1cc(-c2nnc3n2[C@@H](C)C(=O)N(C)[C@H]3C)on1. The van der Waals surface area contributed by atoms with Crippen molar-refractivity contribution in [2.45, 2.75) is 32.9 Å². The van der Waals surface area contributed by atoms with Crippen molar-refractivity contribution >= 4 is 5.91 Å². The van der Waals surface area contributed by atoms with Crippen LogP contribution in [0.15, 0.2) is 10.6 Å². The molecular weight excluding hydrogens is 246 g/mol. The van der Waals surface area contributed by atoms with E-state index in [9.17, 15) is 4.79 Å². The summed E-state index contributed by atoms with van der Waals surface area (Å²) >= 11 is 0. The van der Waals surface area contributed by atoms with E-state index in [4.69, 9.17) is 4.52 Å². The lowest BCUT2D eigenvalue weighted by atomic mass is 10.1. The monoisotopic (exact) mass is 261 g/mol. The highest BCUT2D eigenvalue weighted by Gasteiger charge is 2.37. The number of rotatable bonds is 1. The van der Waals surface area contributed by atoms with E-state index in [0.29, 0.717) is 11.6 Å². The number of aryl methyl sites for hydroxylation is 1. The average Bonchev–Trinajstić information content (AvgIpc) is 2.99. The molecule has 2 atom stereocenters. The van der Waals surface area contributed by atoms with Crippen LogP contribution in [0.3, 0.4) is 0 Å². The molecule has 0 saturated heterocycles. The first-order valence-corrected chi connectivity index (χ1v) is 6.16. The fourth-order valence-corrected chi connectivity index (χ4v) is 2.38. The number of likely N-dealkylation sites (N-methyl/N-ethyl adjacent to an activating group) is 1. The molecule has 3 rings (SSSR count). The van der Waals surface area contributed by atoms with Gasteiger partial charge in [0.15, 0.2) is 5.82 Å². The van der Waals surface area contributed by atoms with Crippen LogP contribution in [0.2, 0.25) is 0 Å². The number of carbonyl (C=O) groups is 1. The number of aromatic nitrogens is 4. The summed E-state index contributed by atoms with van der Waals surface area (Å²) in [4.78, 5) is 13.9. The third-order valence-corrected chi connectivity index (χ3v) is 3.62. The van der Waals surface area contributed by atoms with Crippen molar-refractivity contribution in [3.8, 4) is 11.6 Å². The first kappa shape index (κ1) is 11.9. The molecule has 0 radical (unpaired) electrons. The van der Waals surface area contributed by atoms with Crippen LogP contribution in [0, 0.1) is 6.92 Å². The molecule has 1 aliphatic heterocycles. The topological polar surface area (TPSA) is 77.0 Å². The normalized spacial score (nSPS) is 22.7. The fourth-order valence-electron chi connectivity index (χ4n) is 2.38. The van der Waals surface area contributed by atoms with Crippen LogP contribution in [-0.4, -0.2) is 37.8 Å². The van der Waals surface area contributed by atoms with E-state index < -0.39 is 0 Å². The molecule has 0 N–H and O–H groups in total. The summed E-state index contributed by atoms with van der Waals surface area (Å²) in [5.41, 5.74) is 0.771. The summed E-state index contributed by atoms with van der Waals surface area (Å²) in [6.07, 6.45) is 0. The first-order chi connectivity index (χ1) is 9.00. The Hall–Kier alpha value is -2.18. The predicted molar refractivity (Wildman–Crippen MR) is 66.2 cm³/mol. The second-order valence-corrected chi connectivity index (χ2v) is 4.89. The van der Waals surface area contributed by atoms with E-state index in [1.165, 1.54) is 0 Å². The van der Waals surface area contributed by atoms with Gasteiger partial charge in [0.25, 0.3) is 0 Å². The predicted octanol–water partition coefficient (Wildman–Crippen LogP) is 1.34. The maximum atomic E-state index is 12.2. The smallest absolute Gasteiger partial charge is 0.245 e. The average molecular weight is 261 g/mol. The zero-order chi connectivity index (χ0) is 13.7. The first-order valence-electron chi connectivity index (χ1n) is 6.16. The Morgan fingerprint density at radius 3 is 2.63 bits per heavy atom. The van der Waals surface area contributed by atoms with Crippen molar-refractivity contribution in [2.75, 3.05) is 7.05 Å². The van der Waals surface area contributed by atoms with Crippen molar-refractivity contribution in [2.24, 2.45) is 0 Å². The molecular formula is C12H15N5O2. The lowest BCUT2D eigenvalue weighted by Crippen LogP contribution is -2.41. The Balaban J connectivity index is 2.17. The molecule has 3 heterocycles. The summed E-state index contributed by atoms with van der Waals surface area (Å²) < 4.78 is 7.05. The summed E-state index contributed by atoms with van der Waals surface area (Å²) in [6, 6.07) is 1.35. The summed E-state index contributed by atoms with van der Waals surface area (Å²) in [7, 11) is 1.78. The third-order valence-electron chi connectivity index (χ3n) is 3.62. The van der Waals surface area contributed by atoms with Crippen molar-refractivity contribution in [1.82, 2.24) is 24.8 Å². The van der Waals surface area contributed by atoms with Gasteiger partial charge in [-0.3, -0.25) is 9.36 Å². The molecule has 0 fully saturated rings. The van der Waals surface area contributed by atoms with Gasteiger partial charge in [-0.1, -0.05) is 5.16 Å².